The van der Waals surface area contributed by atoms with E-state index in [-0.39, 0.29) is 12.2 Å². The molecule has 1 atom stereocenters. The largest absolute Gasteiger partial charge is 0.444 e. The Balaban J connectivity index is 2.50. The maximum Gasteiger partial charge on any atom is 0.410 e. The predicted molar refractivity (Wildman–Crippen MR) is 57.8 cm³/mol. The number of carbonyl (C=O) groups excluding carboxylic acids is 1. The molecule has 0 bridgehead atoms. The maximum atomic E-state index is 11.8. The molecule has 0 aromatic rings. The van der Waals surface area contributed by atoms with E-state index in [1.54, 1.807) is 4.90 Å². The van der Waals surface area contributed by atoms with Gasteiger partial charge in [-0.1, -0.05) is 0 Å². The third-order valence-corrected chi connectivity index (χ3v) is 2.10. The minimum absolute atomic E-state index is 0.0972. The van der Waals surface area contributed by atoms with Gasteiger partial charge < -0.3 is 14.4 Å². The van der Waals surface area contributed by atoms with Crippen molar-refractivity contribution < 1.29 is 14.3 Å². The second-order valence-corrected chi connectivity index (χ2v) is 4.96. The van der Waals surface area contributed by atoms with Gasteiger partial charge in [-0.05, 0) is 34.1 Å². The van der Waals surface area contributed by atoms with Crippen LogP contribution in [-0.2, 0) is 9.47 Å². The molecule has 0 N–H and O–H groups in total. The van der Waals surface area contributed by atoms with Crippen LogP contribution in [0.5, 0.6) is 0 Å². The Morgan fingerprint density at radius 1 is 1.47 bits per heavy atom. The van der Waals surface area contributed by atoms with Crippen LogP contribution in [0, 0.1) is 0 Å². The molecule has 4 heteroatoms. The molecule has 1 unspecified atom stereocenters. The van der Waals surface area contributed by atoms with Crippen LogP contribution in [0.4, 0.5) is 4.79 Å². The van der Waals surface area contributed by atoms with Crippen LogP contribution in [-0.4, -0.2) is 42.4 Å². The lowest BCUT2D eigenvalue weighted by Gasteiger charge is -2.27. The minimum Gasteiger partial charge on any atom is -0.444 e. The van der Waals surface area contributed by atoms with Gasteiger partial charge in [0.25, 0.3) is 0 Å². The van der Waals surface area contributed by atoms with Crippen molar-refractivity contribution in [2.24, 2.45) is 0 Å². The Kier molecular flexibility index (Phi) is 3.97. The van der Waals surface area contributed by atoms with Crippen LogP contribution >= 0.6 is 0 Å². The number of amides is 1. The van der Waals surface area contributed by atoms with Crippen molar-refractivity contribution in [3.05, 3.63) is 0 Å². The zero-order valence-corrected chi connectivity index (χ0v) is 10.1. The number of hydrogen-bond acceptors (Lipinski definition) is 3. The summed E-state index contributed by atoms with van der Waals surface area (Å²) in [7, 11) is 0. The summed E-state index contributed by atoms with van der Waals surface area (Å²) < 4.78 is 10.8. The fourth-order valence-electron chi connectivity index (χ4n) is 1.49. The smallest absolute Gasteiger partial charge is 0.410 e. The summed E-state index contributed by atoms with van der Waals surface area (Å²) in [5, 5.41) is 0. The standard InChI is InChI=1S/C11H21NO3/c1-9-8-12(6-5-7-14-9)10(13)15-11(2,3)4/h9H,5-8H2,1-4H3. The number of carbonyl (C=O) groups is 1. The van der Waals surface area contributed by atoms with Crippen molar-refractivity contribution in [2.45, 2.75) is 45.8 Å². The summed E-state index contributed by atoms with van der Waals surface area (Å²) in [5.41, 5.74) is -0.423. The molecule has 1 heterocycles. The van der Waals surface area contributed by atoms with E-state index in [9.17, 15) is 4.79 Å². The lowest BCUT2D eigenvalue weighted by atomic mass is 10.2. The Morgan fingerprint density at radius 3 is 2.73 bits per heavy atom. The van der Waals surface area contributed by atoms with Crippen molar-refractivity contribution in [3.8, 4) is 0 Å². The molecule has 88 valence electrons. The first-order valence-corrected chi connectivity index (χ1v) is 5.48. The van der Waals surface area contributed by atoms with Crippen molar-refractivity contribution in [1.29, 1.82) is 0 Å². The van der Waals surface area contributed by atoms with Crippen LogP contribution in [0.3, 0.4) is 0 Å². The molecular formula is C11H21NO3. The Morgan fingerprint density at radius 2 is 2.13 bits per heavy atom. The van der Waals surface area contributed by atoms with Crippen LogP contribution in [0.1, 0.15) is 34.1 Å². The van der Waals surface area contributed by atoms with E-state index in [1.165, 1.54) is 0 Å². The highest BCUT2D eigenvalue weighted by molar-refractivity contribution is 5.68. The van der Waals surface area contributed by atoms with Gasteiger partial charge in [-0.2, -0.15) is 0 Å². The molecule has 4 nitrogen and oxygen atoms in total. The molecule has 1 aliphatic heterocycles. The van der Waals surface area contributed by atoms with E-state index in [0.717, 1.165) is 19.6 Å². The first-order chi connectivity index (χ1) is 6.88. The van der Waals surface area contributed by atoms with Crippen molar-refractivity contribution in [2.75, 3.05) is 19.7 Å². The number of nitrogens with zero attached hydrogens (tertiary/aromatic N) is 1. The van der Waals surface area contributed by atoms with Gasteiger partial charge in [0.2, 0.25) is 0 Å². The van der Waals surface area contributed by atoms with Crippen molar-refractivity contribution in [1.82, 2.24) is 4.90 Å². The van der Waals surface area contributed by atoms with E-state index in [0.29, 0.717) is 6.54 Å². The summed E-state index contributed by atoms with van der Waals surface area (Å²) >= 11 is 0. The second kappa shape index (κ2) is 4.84. The summed E-state index contributed by atoms with van der Waals surface area (Å²) in [6.45, 7) is 9.67. The SMILES string of the molecule is CC1CN(C(=O)OC(C)(C)C)CCCO1. The third kappa shape index (κ3) is 4.51. The van der Waals surface area contributed by atoms with Crippen molar-refractivity contribution in [3.63, 3.8) is 0 Å². The molecule has 0 saturated carbocycles. The predicted octanol–water partition coefficient (Wildman–Crippen LogP) is 2.03. The Bertz CT molecular complexity index is 222. The maximum absolute atomic E-state index is 11.8. The molecule has 1 saturated heterocycles. The topological polar surface area (TPSA) is 38.8 Å². The number of ether oxygens (including phenoxy) is 2. The zero-order chi connectivity index (χ0) is 11.5. The van der Waals surface area contributed by atoms with E-state index in [2.05, 4.69) is 0 Å². The molecule has 1 fully saturated rings. The van der Waals surface area contributed by atoms with Gasteiger partial charge in [0.1, 0.15) is 5.60 Å². The molecule has 0 aromatic heterocycles. The Hall–Kier alpha value is -0.770. The number of rotatable bonds is 0. The lowest BCUT2D eigenvalue weighted by Crippen LogP contribution is -2.39. The zero-order valence-electron chi connectivity index (χ0n) is 10.1. The number of hydrogen-bond donors (Lipinski definition) is 0. The molecule has 0 aromatic carbocycles. The highest BCUT2D eigenvalue weighted by atomic mass is 16.6. The second-order valence-electron chi connectivity index (χ2n) is 4.96. The molecule has 0 spiro atoms. The Labute approximate surface area is 91.5 Å². The quantitative estimate of drug-likeness (QED) is 0.620. The van der Waals surface area contributed by atoms with Crippen LogP contribution in [0.2, 0.25) is 0 Å². The fraction of sp³-hybridized carbons (Fsp3) is 0.909. The van der Waals surface area contributed by atoms with Crippen molar-refractivity contribution >= 4 is 6.09 Å². The third-order valence-electron chi connectivity index (χ3n) is 2.10. The summed E-state index contributed by atoms with van der Waals surface area (Å²) in [5.74, 6) is 0. The minimum atomic E-state index is -0.423. The van der Waals surface area contributed by atoms with Crippen LogP contribution < -0.4 is 0 Å². The summed E-state index contributed by atoms with van der Waals surface area (Å²) in [4.78, 5) is 13.5. The van der Waals surface area contributed by atoms with Gasteiger partial charge in [-0.3, -0.25) is 0 Å². The highest BCUT2D eigenvalue weighted by Gasteiger charge is 2.24. The van der Waals surface area contributed by atoms with E-state index in [1.807, 2.05) is 27.7 Å². The first kappa shape index (κ1) is 12.3. The fourth-order valence-corrected chi connectivity index (χ4v) is 1.49. The molecule has 15 heavy (non-hydrogen) atoms. The van der Waals surface area contributed by atoms with E-state index in [4.69, 9.17) is 9.47 Å². The molecule has 1 aliphatic rings. The normalized spacial score (nSPS) is 23.5. The van der Waals surface area contributed by atoms with Gasteiger partial charge >= 0.3 is 6.09 Å². The molecule has 1 amide bonds. The molecule has 0 radical (unpaired) electrons. The first-order valence-electron chi connectivity index (χ1n) is 5.48. The van der Waals surface area contributed by atoms with Gasteiger partial charge in [0.05, 0.1) is 6.10 Å². The average Bonchev–Trinajstić information content (AvgIpc) is 2.26. The van der Waals surface area contributed by atoms with E-state index >= 15 is 0 Å². The van der Waals surface area contributed by atoms with Gasteiger partial charge in [0, 0.05) is 19.7 Å². The molecular weight excluding hydrogens is 194 g/mol. The highest BCUT2D eigenvalue weighted by Crippen LogP contribution is 2.12. The van der Waals surface area contributed by atoms with Gasteiger partial charge in [0.15, 0.2) is 0 Å². The lowest BCUT2D eigenvalue weighted by molar-refractivity contribution is 0.0172. The van der Waals surface area contributed by atoms with E-state index < -0.39 is 5.60 Å². The summed E-state index contributed by atoms with van der Waals surface area (Å²) in [6, 6.07) is 0. The van der Waals surface area contributed by atoms with Gasteiger partial charge in [-0.25, -0.2) is 4.79 Å². The molecule has 0 aliphatic carbocycles. The average molecular weight is 215 g/mol. The summed E-state index contributed by atoms with van der Waals surface area (Å²) in [6.07, 6.45) is 0.740. The monoisotopic (exact) mass is 215 g/mol. The molecule has 1 rings (SSSR count). The van der Waals surface area contributed by atoms with Crippen LogP contribution in [0.15, 0.2) is 0 Å². The van der Waals surface area contributed by atoms with Gasteiger partial charge in [-0.15, -0.1) is 0 Å². The van der Waals surface area contributed by atoms with Crippen LogP contribution in [0.25, 0.3) is 0 Å².